The van der Waals surface area contributed by atoms with Gasteiger partial charge < -0.3 is 9.84 Å². The van der Waals surface area contributed by atoms with Gasteiger partial charge in [-0.15, -0.1) is 0 Å². The molecule has 0 bridgehead atoms. The molecule has 1 N–H and O–H groups in total. The lowest BCUT2D eigenvalue weighted by Gasteiger charge is -2.17. The summed E-state index contributed by atoms with van der Waals surface area (Å²) in [4.78, 5) is 11.8. The highest BCUT2D eigenvalue weighted by molar-refractivity contribution is 5.92. The van der Waals surface area contributed by atoms with Crippen LogP contribution in [0.25, 0.3) is 0 Å². The molecule has 100 valence electrons. The van der Waals surface area contributed by atoms with E-state index in [1.165, 1.54) is 6.07 Å². The zero-order valence-corrected chi connectivity index (χ0v) is 11.3. The fraction of sp³-hybridized carbons (Fsp3) is 0.533. The van der Waals surface area contributed by atoms with Crippen LogP contribution in [-0.4, -0.2) is 17.7 Å². The van der Waals surface area contributed by atoms with Crippen LogP contribution in [0.15, 0.2) is 24.3 Å². The van der Waals surface area contributed by atoms with Crippen molar-refractivity contribution in [3.05, 3.63) is 29.8 Å². The molecule has 1 aromatic rings. The van der Waals surface area contributed by atoms with Crippen LogP contribution in [0, 0.1) is 11.8 Å². The summed E-state index contributed by atoms with van der Waals surface area (Å²) in [6.07, 6.45) is 2.04. The highest BCUT2D eigenvalue weighted by atomic mass is 16.5. The molecule has 0 aliphatic carbocycles. The molecule has 3 heteroatoms. The smallest absolute Gasteiger partial charge is 0.341 e. The number of aromatic hydroxyl groups is 1. The number of ether oxygens (including phenoxy) is 1. The van der Waals surface area contributed by atoms with Gasteiger partial charge >= 0.3 is 5.97 Å². The first-order valence-electron chi connectivity index (χ1n) is 6.49. The Bertz CT molecular complexity index is 385. The number of phenolic OH excluding ortho intramolecular Hbond substituents is 1. The third-order valence-electron chi connectivity index (χ3n) is 2.96. The van der Waals surface area contributed by atoms with Gasteiger partial charge in [0.1, 0.15) is 11.3 Å². The van der Waals surface area contributed by atoms with Gasteiger partial charge in [0.05, 0.1) is 6.61 Å². The highest BCUT2D eigenvalue weighted by Crippen LogP contribution is 2.19. The van der Waals surface area contributed by atoms with Crippen LogP contribution in [-0.2, 0) is 4.74 Å². The Morgan fingerprint density at radius 2 is 2.00 bits per heavy atom. The van der Waals surface area contributed by atoms with Crippen molar-refractivity contribution >= 4 is 5.97 Å². The molecule has 0 amide bonds. The van der Waals surface area contributed by atoms with E-state index in [-0.39, 0.29) is 11.3 Å². The summed E-state index contributed by atoms with van der Waals surface area (Å²) < 4.78 is 5.26. The van der Waals surface area contributed by atoms with E-state index in [2.05, 4.69) is 20.8 Å². The first-order valence-corrected chi connectivity index (χ1v) is 6.49. The molecule has 0 spiro atoms. The number of rotatable bonds is 6. The molecule has 1 rings (SSSR count). The van der Waals surface area contributed by atoms with Crippen molar-refractivity contribution in [2.24, 2.45) is 11.8 Å². The first kappa shape index (κ1) is 14.6. The van der Waals surface area contributed by atoms with E-state index in [9.17, 15) is 9.90 Å². The van der Waals surface area contributed by atoms with Gasteiger partial charge in [-0.25, -0.2) is 4.79 Å². The third kappa shape index (κ3) is 4.40. The Kier molecular flexibility index (Phi) is 5.69. The molecular formula is C15H22O3. The lowest BCUT2D eigenvalue weighted by atomic mass is 9.96. The lowest BCUT2D eigenvalue weighted by Crippen LogP contribution is -2.15. The molecule has 0 heterocycles. The predicted molar refractivity (Wildman–Crippen MR) is 71.6 cm³/mol. The van der Waals surface area contributed by atoms with E-state index >= 15 is 0 Å². The molecule has 1 aromatic carbocycles. The molecule has 0 aliphatic rings. The van der Waals surface area contributed by atoms with Crippen LogP contribution >= 0.6 is 0 Å². The Labute approximate surface area is 109 Å². The number of hydrogen-bond donors (Lipinski definition) is 1. The van der Waals surface area contributed by atoms with Crippen LogP contribution in [0.3, 0.4) is 0 Å². The summed E-state index contributed by atoms with van der Waals surface area (Å²) in [5, 5.41) is 9.55. The summed E-state index contributed by atoms with van der Waals surface area (Å²) in [6.45, 7) is 6.84. The van der Waals surface area contributed by atoms with Crippen molar-refractivity contribution in [3.63, 3.8) is 0 Å². The van der Waals surface area contributed by atoms with E-state index in [0.29, 0.717) is 18.4 Å². The number of benzene rings is 1. The van der Waals surface area contributed by atoms with Crippen LogP contribution in [0.4, 0.5) is 0 Å². The minimum atomic E-state index is -0.449. The van der Waals surface area contributed by atoms with Gasteiger partial charge in [0.2, 0.25) is 0 Å². The van der Waals surface area contributed by atoms with E-state index in [1.807, 2.05) is 0 Å². The van der Waals surface area contributed by atoms with Crippen LogP contribution in [0.1, 0.15) is 44.0 Å². The first-order chi connectivity index (χ1) is 8.54. The number of carbonyl (C=O) groups is 1. The average Bonchev–Trinajstić information content (AvgIpc) is 2.34. The molecule has 3 nitrogen and oxygen atoms in total. The molecular weight excluding hydrogens is 228 g/mol. The maximum atomic E-state index is 11.8. The lowest BCUT2D eigenvalue weighted by molar-refractivity contribution is 0.0417. The van der Waals surface area contributed by atoms with Crippen molar-refractivity contribution < 1.29 is 14.6 Å². The van der Waals surface area contributed by atoms with E-state index in [4.69, 9.17) is 4.74 Å². The van der Waals surface area contributed by atoms with Crippen LogP contribution in [0.5, 0.6) is 5.75 Å². The van der Waals surface area contributed by atoms with E-state index < -0.39 is 5.97 Å². The molecule has 0 saturated heterocycles. The Morgan fingerprint density at radius 3 is 2.56 bits per heavy atom. The molecule has 0 radical (unpaired) electrons. The maximum absolute atomic E-state index is 11.8. The quantitative estimate of drug-likeness (QED) is 0.784. The Balaban J connectivity index is 2.53. The van der Waals surface area contributed by atoms with Gasteiger partial charge in [-0.3, -0.25) is 0 Å². The normalized spacial score (nSPS) is 12.4. The second kappa shape index (κ2) is 7.04. The van der Waals surface area contributed by atoms with Gasteiger partial charge in [0.25, 0.3) is 0 Å². The summed E-state index contributed by atoms with van der Waals surface area (Å²) in [5.41, 5.74) is 0.233. The number of para-hydroxylation sites is 1. The second-order valence-corrected chi connectivity index (χ2v) is 5.02. The fourth-order valence-electron chi connectivity index (χ4n) is 1.94. The minimum absolute atomic E-state index is 0.0283. The summed E-state index contributed by atoms with van der Waals surface area (Å²) in [5.74, 6) is 0.508. The van der Waals surface area contributed by atoms with Gasteiger partial charge in [-0.1, -0.05) is 39.3 Å². The summed E-state index contributed by atoms with van der Waals surface area (Å²) >= 11 is 0. The molecule has 0 fully saturated rings. The Hall–Kier alpha value is -1.51. The SMILES string of the molecule is CCC(COC(=O)c1ccccc1O)CC(C)C. The third-order valence-corrected chi connectivity index (χ3v) is 2.96. The monoisotopic (exact) mass is 250 g/mol. The molecule has 0 aromatic heterocycles. The van der Waals surface area contributed by atoms with E-state index in [1.54, 1.807) is 18.2 Å². The average molecular weight is 250 g/mol. The summed E-state index contributed by atoms with van der Waals surface area (Å²) in [7, 11) is 0. The maximum Gasteiger partial charge on any atom is 0.341 e. The van der Waals surface area contributed by atoms with Crippen LogP contribution in [0.2, 0.25) is 0 Å². The van der Waals surface area contributed by atoms with Gasteiger partial charge in [-0.05, 0) is 30.4 Å². The van der Waals surface area contributed by atoms with Gasteiger partial charge in [0, 0.05) is 0 Å². The second-order valence-electron chi connectivity index (χ2n) is 5.02. The fourth-order valence-corrected chi connectivity index (χ4v) is 1.94. The zero-order valence-electron chi connectivity index (χ0n) is 11.3. The van der Waals surface area contributed by atoms with E-state index in [0.717, 1.165) is 12.8 Å². The number of phenols is 1. The zero-order chi connectivity index (χ0) is 13.5. The number of esters is 1. The van der Waals surface area contributed by atoms with Crippen molar-refractivity contribution in [1.82, 2.24) is 0 Å². The molecule has 0 saturated carbocycles. The summed E-state index contributed by atoms with van der Waals surface area (Å²) in [6, 6.07) is 6.45. The van der Waals surface area contributed by atoms with Crippen molar-refractivity contribution in [2.75, 3.05) is 6.61 Å². The number of hydrogen-bond acceptors (Lipinski definition) is 3. The predicted octanol–water partition coefficient (Wildman–Crippen LogP) is 3.62. The standard InChI is InChI=1S/C15H22O3/c1-4-12(9-11(2)3)10-18-15(17)13-7-5-6-8-14(13)16/h5-8,11-12,16H,4,9-10H2,1-3H3. The molecule has 18 heavy (non-hydrogen) atoms. The Morgan fingerprint density at radius 1 is 1.33 bits per heavy atom. The molecule has 0 aliphatic heterocycles. The number of carbonyl (C=O) groups excluding carboxylic acids is 1. The largest absolute Gasteiger partial charge is 0.507 e. The van der Waals surface area contributed by atoms with Crippen molar-refractivity contribution in [2.45, 2.75) is 33.6 Å². The molecule has 1 unspecified atom stereocenters. The van der Waals surface area contributed by atoms with Gasteiger partial charge in [-0.2, -0.15) is 0 Å². The topological polar surface area (TPSA) is 46.5 Å². The molecule has 1 atom stereocenters. The van der Waals surface area contributed by atoms with Crippen molar-refractivity contribution in [3.8, 4) is 5.75 Å². The highest BCUT2D eigenvalue weighted by Gasteiger charge is 2.15. The van der Waals surface area contributed by atoms with Gasteiger partial charge in [0.15, 0.2) is 0 Å². The minimum Gasteiger partial charge on any atom is -0.507 e. The van der Waals surface area contributed by atoms with Crippen molar-refractivity contribution in [1.29, 1.82) is 0 Å². The van der Waals surface area contributed by atoms with Crippen LogP contribution < -0.4 is 0 Å².